The van der Waals surface area contributed by atoms with E-state index in [2.05, 4.69) is 4.74 Å². The van der Waals surface area contributed by atoms with E-state index in [1.165, 1.54) is 36.4 Å². The van der Waals surface area contributed by atoms with Gasteiger partial charge < -0.3 is 9.84 Å². The molecule has 2 aromatic rings. The number of alkyl halides is 3. The zero-order valence-corrected chi connectivity index (χ0v) is 13.1. The van der Waals surface area contributed by atoms with E-state index in [0.717, 1.165) is 24.9 Å². The minimum absolute atomic E-state index is 0.0384. The molecule has 0 aliphatic heterocycles. The first-order valence-electron chi connectivity index (χ1n) is 6.53. The molecule has 0 fully saturated rings. The lowest BCUT2D eigenvalue weighted by molar-refractivity contribution is -0.139. The minimum atomic E-state index is -4.65. The molecule has 2 aromatic carbocycles. The largest absolute Gasteiger partial charge is 0.478 e. The van der Waals surface area contributed by atoms with Crippen molar-refractivity contribution in [2.45, 2.75) is 16.0 Å². The van der Waals surface area contributed by atoms with Crippen molar-refractivity contribution in [2.24, 2.45) is 0 Å². The van der Waals surface area contributed by atoms with E-state index in [-0.39, 0.29) is 16.0 Å². The number of aromatic carboxylic acids is 1. The van der Waals surface area contributed by atoms with Crippen LogP contribution in [0.1, 0.15) is 26.3 Å². The number of hydrogen-bond acceptors (Lipinski definition) is 4. The van der Waals surface area contributed by atoms with E-state index in [4.69, 9.17) is 5.11 Å². The Hall–Kier alpha value is -2.48. The predicted octanol–water partition coefficient (Wildman–Crippen LogP) is 4.34. The average Bonchev–Trinajstić information content (AvgIpc) is 2.54. The number of carboxylic acids is 1. The third-order valence-corrected chi connectivity index (χ3v) is 4.12. The number of esters is 1. The Balaban J connectivity index is 2.38. The van der Waals surface area contributed by atoms with Crippen LogP contribution in [-0.2, 0) is 10.9 Å². The van der Waals surface area contributed by atoms with E-state index in [9.17, 15) is 22.8 Å². The Morgan fingerprint density at radius 3 is 2.12 bits per heavy atom. The standard InChI is InChI=1S/C16H11F3O4S/c1-23-15(22)10-4-7-13(12(8-10)16(17,18)19)24-11-5-2-9(3-6-11)14(20)21/h2-8H,1H3,(H,20,21). The van der Waals surface area contributed by atoms with E-state index in [0.29, 0.717) is 4.90 Å². The molecule has 0 aliphatic rings. The summed E-state index contributed by atoms with van der Waals surface area (Å²) in [6, 6.07) is 8.62. The summed E-state index contributed by atoms with van der Waals surface area (Å²) in [5.74, 6) is -1.98. The summed E-state index contributed by atoms with van der Waals surface area (Å²) in [6.07, 6.45) is -4.65. The van der Waals surface area contributed by atoms with Gasteiger partial charge in [0.05, 0.1) is 23.8 Å². The normalized spacial score (nSPS) is 11.2. The molecule has 0 radical (unpaired) electrons. The van der Waals surface area contributed by atoms with E-state index < -0.39 is 23.7 Å². The summed E-state index contributed by atoms with van der Waals surface area (Å²) in [7, 11) is 1.09. The van der Waals surface area contributed by atoms with Gasteiger partial charge in [0.15, 0.2) is 0 Å². The van der Waals surface area contributed by atoms with Gasteiger partial charge in [-0.2, -0.15) is 13.2 Å². The summed E-state index contributed by atoms with van der Waals surface area (Å²) in [6.45, 7) is 0. The fraction of sp³-hybridized carbons (Fsp3) is 0.125. The first kappa shape index (κ1) is 17.9. The van der Waals surface area contributed by atoms with Crippen LogP contribution in [0, 0.1) is 0 Å². The molecule has 0 saturated carbocycles. The molecule has 0 bridgehead atoms. The fourth-order valence-electron chi connectivity index (χ4n) is 1.88. The molecule has 1 N–H and O–H groups in total. The lowest BCUT2D eigenvalue weighted by Gasteiger charge is -2.13. The van der Waals surface area contributed by atoms with Gasteiger partial charge in [-0.15, -0.1) is 0 Å². The minimum Gasteiger partial charge on any atom is -0.478 e. The van der Waals surface area contributed by atoms with Gasteiger partial charge in [-0.25, -0.2) is 9.59 Å². The number of carbonyl (C=O) groups excluding carboxylic acids is 1. The maximum atomic E-state index is 13.2. The number of methoxy groups -OCH3 is 1. The molecule has 0 aliphatic carbocycles. The van der Waals surface area contributed by atoms with E-state index in [1.807, 2.05) is 0 Å². The van der Waals surface area contributed by atoms with Crippen LogP contribution < -0.4 is 0 Å². The van der Waals surface area contributed by atoms with Crippen LogP contribution in [-0.4, -0.2) is 24.2 Å². The molecule has 0 heterocycles. The summed E-state index contributed by atoms with van der Waals surface area (Å²) in [5, 5.41) is 8.82. The maximum Gasteiger partial charge on any atom is 0.417 e. The highest BCUT2D eigenvalue weighted by molar-refractivity contribution is 7.99. The van der Waals surface area contributed by atoms with Gasteiger partial charge in [0, 0.05) is 9.79 Å². The van der Waals surface area contributed by atoms with Crippen molar-refractivity contribution in [2.75, 3.05) is 7.11 Å². The highest BCUT2D eigenvalue weighted by Gasteiger charge is 2.34. The van der Waals surface area contributed by atoms with Gasteiger partial charge in [-0.1, -0.05) is 11.8 Å². The molecular weight excluding hydrogens is 345 g/mol. The first-order valence-corrected chi connectivity index (χ1v) is 7.35. The Labute approximate surface area is 139 Å². The predicted molar refractivity (Wildman–Crippen MR) is 80.3 cm³/mol. The number of halogens is 3. The van der Waals surface area contributed by atoms with Crippen LogP contribution in [0.2, 0.25) is 0 Å². The molecule has 0 spiro atoms. The smallest absolute Gasteiger partial charge is 0.417 e. The molecule has 4 nitrogen and oxygen atoms in total. The second-order valence-corrected chi connectivity index (χ2v) is 5.75. The summed E-state index contributed by atoms with van der Waals surface area (Å²) < 4.78 is 44.1. The Bertz CT molecular complexity index is 770. The van der Waals surface area contributed by atoms with Crippen LogP contribution in [0.15, 0.2) is 52.3 Å². The van der Waals surface area contributed by atoms with Gasteiger partial charge in [0.1, 0.15) is 0 Å². The van der Waals surface area contributed by atoms with Gasteiger partial charge in [0.2, 0.25) is 0 Å². The molecule has 24 heavy (non-hydrogen) atoms. The van der Waals surface area contributed by atoms with Crippen molar-refractivity contribution >= 4 is 23.7 Å². The van der Waals surface area contributed by atoms with Crippen LogP contribution in [0.3, 0.4) is 0 Å². The van der Waals surface area contributed by atoms with Gasteiger partial charge in [-0.3, -0.25) is 0 Å². The van der Waals surface area contributed by atoms with Crippen molar-refractivity contribution in [3.8, 4) is 0 Å². The maximum absolute atomic E-state index is 13.2. The number of ether oxygens (including phenoxy) is 1. The van der Waals surface area contributed by atoms with E-state index in [1.54, 1.807) is 0 Å². The number of benzene rings is 2. The highest BCUT2D eigenvalue weighted by atomic mass is 32.2. The van der Waals surface area contributed by atoms with Gasteiger partial charge >= 0.3 is 18.1 Å². The van der Waals surface area contributed by atoms with E-state index >= 15 is 0 Å². The zero-order valence-electron chi connectivity index (χ0n) is 12.3. The third kappa shape index (κ3) is 4.08. The van der Waals surface area contributed by atoms with Crippen LogP contribution in [0.25, 0.3) is 0 Å². The van der Waals surface area contributed by atoms with Crippen molar-refractivity contribution in [1.29, 1.82) is 0 Å². The number of carbonyl (C=O) groups is 2. The van der Waals surface area contributed by atoms with Crippen LogP contribution >= 0.6 is 11.8 Å². The Kier molecular flexibility index (Phi) is 5.18. The first-order chi connectivity index (χ1) is 11.2. The molecular formula is C16H11F3O4S. The monoisotopic (exact) mass is 356 g/mol. The van der Waals surface area contributed by atoms with Crippen molar-refractivity contribution < 1.29 is 32.6 Å². The zero-order chi connectivity index (χ0) is 17.9. The number of rotatable bonds is 4. The van der Waals surface area contributed by atoms with Gasteiger partial charge in [0.25, 0.3) is 0 Å². The molecule has 0 amide bonds. The second-order valence-electron chi connectivity index (χ2n) is 4.63. The lowest BCUT2D eigenvalue weighted by Crippen LogP contribution is -2.10. The SMILES string of the molecule is COC(=O)c1ccc(Sc2ccc(C(=O)O)cc2)c(C(F)(F)F)c1. The molecule has 0 aromatic heterocycles. The highest BCUT2D eigenvalue weighted by Crippen LogP contribution is 2.40. The van der Waals surface area contributed by atoms with Crippen molar-refractivity contribution in [3.63, 3.8) is 0 Å². The van der Waals surface area contributed by atoms with Crippen LogP contribution in [0.5, 0.6) is 0 Å². The summed E-state index contributed by atoms with van der Waals surface area (Å²) in [4.78, 5) is 22.5. The Morgan fingerprint density at radius 2 is 1.62 bits per heavy atom. The van der Waals surface area contributed by atoms with Crippen molar-refractivity contribution in [1.82, 2.24) is 0 Å². The second kappa shape index (κ2) is 6.96. The Morgan fingerprint density at radius 1 is 1.04 bits per heavy atom. The van der Waals surface area contributed by atoms with Crippen molar-refractivity contribution in [3.05, 3.63) is 59.2 Å². The van der Waals surface area contributed by atoms with Crippen LogP contribution in [0.4, 0.5) is 13.2 Å². The lowest BCUT2D eigenvalue weighted by atomic mass is 10.1. The number of carboxylic acid groups (broad SMARTS) is 1. The average molecular weight is 356 g/mol. The fourth-order valence-corrected chi connectivity index (χ4v) is 2.82. The molecule has 8 heteroatoms. The molecule has 0 unspecified atom stereocenters. The quantitative estimate of drug-likeness (QED) is 0.826. The molecule has 0 saturated heterocycles. The van der Waals surface area contributed by atoms with Gasteiger partial charge in [-0.05, 0) is 42.5 Å². The number of hydrogen-bond donors (Lipinski definition) is 1. The summed E-state index contributed by atoms with van der Waals surface area (Å²) in [5.41, 5.74) is -1.12. The molecule has 0 atom stereocenters. The molecule has 2 rings (SSSR count). The third-order valence-electron chi connectivity index (χ3n) is 3.04. The summed E-state index contributed by atoms with van der Waals surface area (Å²) >= 11 is 0.824. The molecule has 126 valence electrons. The topological polar surface area (TPSA) is 63.6 Å².